The number of hydrogen-bond acceptors (Lipinski definition) is 5. The van der Waals surface area contributed by atoms with E-state index in [9.17, 15) is 4.79 Å². The lowest BCUT2D eigenvalue weighted by Gasteiger charge is -2.14. The van der Waals surface area contributed by atoms with Crippen LogP contribution in [0.15, 0.2) is 30.7 Å². The third-order valence-electron chi connectivity index (χ3n) is 4.21. The summed E-state index contributed by atoms with van der Waals surface area (Å²) in [4.78, 5) is 18.3. The van der Waals surface area contributed by atoms with Crippen molar-refractivity contribution in [3.8, 4) is 11.5 Å². The van der Waals surface area contributed by atoms with Crippen molar-refractivity contribution in [2.45, 2.75) is 26.3 Å². The lowest BCUT2D eigenvalue weighted by molar-refractivity contribution is 0.251. The fraction of sp³-hybridized carbons (Fsp3) is 0.500. The van der Waals surface area contributed by atoms with Crippen molar-refractivity contribution in [1.82, 2.24) is 19.8 Å². The first-order valence-corrected chi connectivity index (χ1v) is 9.46. The zero-order chi connectivity index (χ0) is 20.4. The van der Waals surface area contributed by atoms with Crippen LogP contribution in [-0.2, 0) is 6.54 Å². The maximum Gasteiger partial charge on any atom is 0.319 e. The summed E-state index contributed by atoms with van der Waals surface area (Å²) < 4.78 is 13.2. The van der Waals surface area contributed by atoms with Crippen LogP contribution in [0.4, 0.5) is 10.5 Å². The number of carbonyl (C=O) groups excluding carboxylic acids is 1. The van der Waals surface area contributed by atoms with Crippen LogP contribution >= 0.6 is 0 Å². The molecular formula is C20H31N5O3. The predicted molar refractivity (Wildman–Crippen MR) is 110 cm³/mol. The van der Waals surface area contributed by atoms with Gasteiger partial charge in [0.25, 0.3) is 0 Å². The van der Waals surface area contributed by atoms with Crippen molar-refractivity contribution in [3.63, 3.8) is 0 Å². The number of rotatable bonds is 11. The van der Waals surface area contributed by atoms with Crippen molar-refractivity contribution in [2.24, 2.45) is 0 Å². The minimum absolute atomic E-state index is 0.246. The Balaban J connectivity index is 1.76. The molecule has 8 nitrogen and oxygen atoms in total. The van der Waals surface area contributed by atoms with Crippen molar-refractivity contribution < 1.29 is 14.3 Å². The van der Waals surface area contributed by atoms with E-state index in [1.807, 2.05) is 33.3 Å². The lowest BCUT2D eigenvalue weighted by atomic mass is 10.2. The predicted octanol–water partition coefficient (Wildman–Crippen LogP) is 2.74. The summed E-state index contributed by atoms with van der Waals surface area (Å²) in [6.45, 7) is 4.98. The molecule has 8 heteroatoms. The zero-order valence-corrected chi connectivity index (χ0v) is 17.2. The SMILES string of the molecule is COc1cc(NC(=O)NCCCn2cncc2C)ccc1OCCCN(C)C. The van der Waals surface area contributed by atoms with E-state index < -0.39 is 0 Å². The van der Waals surface area contributed by atoms with Gasteiger partial charge in [-0.25, -0.2) is 9.78 Å². The molecule has 0 fully saturated rings. The molecule has 154 valence electrons. The highest BCUT2D eigenvalue weighted by Crippen LogP contribution is 2.30. The van der Waals surface area contributed by atoms with Gasteiger partial charge in [0, 0.05) is 43.3 Å². The third-order valence-corrected chi connectivity index (χ3v) is 4.21. The van der Waals surface area contributed by atoms with Crippen molar-refractivity contribution in [1.29, 1.82) is 0 Å². The minimum Gasteiger partial charge on any atom is -0.493 e. The molecule has 0 aliphatic heterocycles. The van der Waals surface area contributed by atoms with Gasteiger partial charge in [-0.2, -0.15) is 0 Å². The van der Waals surface area contributed by atoms with E-state index in [4.69, 9.17) is 9.47 Å². The molecule has 0 aliphatic rings. The second-order valence-electron chi connectivity index (χ2n) is 6.83. The van der Waals surface area contributed by atoms with Gasteiger partial charge in [-0.3, -0.25) is 0 Å². The van der Waals surface area contributed by atoms with Gasteiger partial charge in [-0.05, 0) is 46.0 Å². The van der Waals surface area contributed by atoms with Gasteiger partial charge in [-0.15, -0.1) is 0 Å². The van der Waals surface area contributed by atoms with Crippen LogP contribution in [0.1, 0.15) is 18.5 Å². The number of nitrogens with zero attached hydrogens (tertiary/aromatic N) is 3. The summed E-state index contributed by atoms with van der Waals surface area (Å²) in [5.74, 6) is 1.26. The molecule has 28 heavy (non-hydrogen) atoms. The van der Waals surface area contributed by atoms with E-state index in [-0.39, 0.29) is 6.03 Å². The fourth-order valence-electron chi connectivity index (χ4n) is 2.68. The molecule has 0 saturated heterocycles. The van der Waals surface area contributed by atoms with Gasteiger partial charge in [-0.1, -0.05) is 0 Å². The van der Waals surface area contributed by atoms with Gasteiger partial charge in [0.15, 0.2) is 11.5 Å². The number of amides is 2. The average molecular weight is 390 g/mol. The largest absolute Gasteiger partial charge is 0.493 e. The van der Waals surface area contributed by atoms with Crippen molar-refractivity contribution in [3.05, 3.63) is 36.4 Å². The van der Waals surface area contributed by atoms with Crippen LogP contribution in [0.2, 0.25) is 0 Å². The van der Waals surface area contributed by atoms with Crippen LogP contribution in [0.25, 0.3) is 0 Å². The van der Waals surface area contributed by atoms with Crippen molar-refractivity contribution in [2.75, 3.05) is 46.2 Å². The number of imidazole rings is 1. The monoisotopic (exact) mass is 389 g/mol. The Labute approximate surface area is 166 Å². The Morgan fingerprint density at radius 2 is 2.07 bits per heavy atom. The maximum atomic E-state index is 12.1. The molecule has 1 aromatic carbocycles. The summed E-state index contributed by atoms with van der Waals surface area (Å²) in [5.41, 5.74) is 1.76. The number of benzene rings is 1. The first-order chi connectivity index (χ1) is 13.5. The van der Waals surface area contributed by atoms with E-state index in [1.54, 1.807) is 25.6 Å². The third kappa shape index (κ3) is 7.11. The van der Waals surface area contributed by atoms with E-state index in [0.717, 1.165) is 31.6 Å². The molecule has 0 saturated carbocycles. The lowest BCUT2D eigenvalue weighted by Crippen LogP contribution is -2.30. The second kappa shape index (κ2) is 11.2. The fourth-order valence-corrected chi connectivity index (χ4v) is 2.68. The Hall–Kier alpha value is -2.74. The Bertz CT molecular complexity index is 745. The molecule has 0 bridgehead atoms. The summed E-state index contributed by atoms with van der Waals surface area (Å²) in [6, 6.07) is 5.13. The quantitative estimate of drug-likeness (QED) is 0.578. The summed E-state index contributed by atoms with van der Waals surface area (Å²) in [5, 5.41) is 5.68. The van der Waals surface area contributed by atoms with E-state index >= 15 is 0 Å². The maximum absolute atomic E-state index is 12.1. The van der Waals surface area contributed by atoms with E-state index in [1.165, 1.54) is 0 Å². The standard InChI is InChI=1S/C20H31N5O3/c1-16-14-21-15-25(16)11-5-9-22-20(26)23-17-7-8-18(19(13-17)27-4)28-12-6-10-24(2)3/h7-8,13-15H,5-6,9-12H2,1-4H3,(H2,22,23,26). The summed E-state index contributed by atoms with van der Waals surface area (Å²) in [6.07, 6.45) is 5.37. The molecule has 0 radical (unpaired) electrons. The highest BCUT2D eigenvalue weighted by atomic mass is 16.5. The Kier molecular flexibility index (Phi) is 8.61. The number of hydrogen-bond donors (Lipinski definition) is 2. The highest BCUT2D eigenvalue weighted by Gasteiger charge is 2.08. The Morgan fingerprint density at radius 3 is 2.75 bits per heavy atom. The van der Waals surface area contributed by atoms with E-state index in [0.29, 0.717) is 30.3 Å². The van der Waals surface area contributed by atoms with Crippen LogP contribution in [0.3, 0.4) is 0 Å². The molecular weight excluding hydrogens is 358 g/mol. The molecule has 0 aliphatic carbocycles. The first-order valence-electron chi connectivity index (χ1n) is 9.46. The van der Waals surface area contributed by atoms with Gasteiger partial charge in [0.1, 0.15) is 0 Å². The first kappa shape index (κ1) is 21.6. The molecule has 2 rings (SSSR count). The highest BCUT2D eigenvalue weighted by molar-refractivity contribution is 5.89. The van der Waals surface area contributed by atoms with Gasteiger partial charge in [0.05, 0.1) is 20.0 Å². The molecule has 2 amide bonds. The van der Waals surface area contributed by atoms with Crippen LogP contribution in [0.5, 0.6) is 11.5 Å². The molecule has 1 aromatic heterocycles. The number of anilines is 1. The second-order valence-corrected chi connectivity index (χ2v) is 6.83. The van der Waals surface area contributed by atoms with Gasteiger partial charge in [0.2, 0.25) is 0 Å². The van der Waals surface area contributed by atoms with Gasteiger partial charge >= 0.3 is 6.03 Å². The van der Waals surface area contributed by atoms with E-state index in [2.05, 4.69) is 25.1 Å². The number of aryl methyl sites for hydroxylation is 2. The van der Waals surface area contributed by atoms with Crippen LogP contribution in [-0.4, -0.2) is 61.4 Å². The minimum atomic E-state index is -0.246. The number of carbonyl (C=O) groups is 1. The number of aromatic nitrogens is 2. The van der Waals surface area contributed by atoms with Crippen LogP contribution < -0.4 is 20.1 Å². The molecule has 1 heterocycles. The number of urea groups is 1. The zero-order valence-electron chi connectivity index (χ0n) is 17.2. The smallest absolute Gasteiger partial charge is 0.319 e. The molecule has 0 unspecified atom stereocenters. The molecule has 0 atom stereocenters. The number of ether oxygens (including phenoxy) is 2. The van der Waals surface area contributed by atoms with Gasteiger partial charge < -0.3 is 29.6 Å². The topological polar surface area (TPSA) is 80.7 Å². The number of nitrogens with one attached hydrogen (secondary N) is 2. The normalized spacial score (nSPS) is 10.8. The average Bonchev–Trinajstić information content (AvgIpc) is 3.07. The van der Waals surface area contributed by atoms with Crippen molar-refractivity contribution >= 4 is 11.7 Å². The summed E-state index contributed by atoms with van der Waals surface area (Å²) >= 11 is 0. The molecule has 2 N–H and O–H groups in total. The summed E-state index contributed by atoms with van der Waals surface area (Å²) in [7, 11) is 5.65. The van der Waals surface area contributed by atoms with Crippen LogP contribution in [0, 0.1) is 6.92 Å². The Morgan fingerprint density at radius 1 is 1.25 bits per heavy atom. The number of methoxy groups -OCH3 is 1. The molecule has 2 aromatic rings. The molecule has 0 spiro atoms.